The molecule has 12 rings (SSSR count). The lowest BCUT2D eigenvalue weighted by atomic mass is 9.81. The Kier molecular flexibility index (Phi) is 8.53. The van der Waals surface area contributed by atoms with Crippen LogP contribution >= 0.6 is 0 Å². The zero-order valence-electron chi connectivity index (χ0n) is 34.2. The zero-order chi connectivity index (χ0) is 41.1. The Labute approximate surface area is 360 Å². The second-order valence-corrected chi connectivity index (χ2v) is 16.3. The molecule has 3 aliphatic rings. The van der Waals surface area contributed by atoms with Gasteiger partial charge in [0.15, 0.2) is 17.5 Å². The summed E-state index contributed by atoms with van der Waals surface area (Å²) in [5, 5.41) is 5.92. The molecule has 3 heterocycles. The van der Waals surface area contributed by atoms with Crippen LogP contribution in [-0.4, -0.2) is 19.5 Å². The van der Waals surface area contributed by atoms with Crippen LogP contribution in [0.3, 0.4) is 0 Å². The van der Waals surface area contributed by atoms with Gasteiger partial charge in [-0.25, -0.2) is 15.0 Å². The lowest BCUT2D eigenvalue weighted by Crippen LogP contribution is -2.12. The first-order valence-electron chi connectivity index (χ1n) is 21.5. The van der Waals surface area contributed by atoms with Crippen molar-refractivity contribution in [2.75, 3.05) is 4.90 Å². The van der Waals surface area contributed by atoms with Crippen molar-refractivity contribution in [1.29, 1.82) is 0 Å². The first kappa shape index (κ1) is 36.0. The van der Waals surface area contributed by atoms with E-state index in [1.807, 2.05) is 36.4 Å². The van der Waals surface area contributed by atoms with E-state index >= 15 is 0 Å². The second-order valence-electron chi connectivity index (χ2n) is 16.3. The van der Waals surface area contributed by atoms with Crippen molar-refractivity contribution in [2.45, 2.75) is 25.7 Å². The second kappa shape index (κ2) is 14.7. The Bertz CT molecular complexity index is 3360. The summed E-state index contributed by atoms with van der Waals surface area (Å²) in [7, 11) is 0. The first-order valence-corrected chi connectivity index (χ1v) is 21.5. The number of allylic oxidation sites excluding steroid dienone is 8. The minimum absolute atomic E-state index is 0.634. The van der Waals surface area contributed by atoms with E-state index in [1.165, 1.54) is 49.8 Å². The SMILES string of the molecule is C=C1/C=C\C=C/N(c2cccc3c(-c4nc(-c5ccccc5)nc(-c5ccccc5)n4)cccc23)c2ccc3c(c21)c1c(n3-c2ccc3ccccc3c2)CCC2=C1CCC=C2. The minimum atomic E-state index is 0.634. The van der Waals surface area contributed by atoms with Crippen molar-refractivity contribution in [3.63, 3.8) is 0 Å². The molecule has 1 aliphatic heterocycles. The molecule has 2 aromatic heterocycles. The average molecular weight is 796 g/mol. The van der Waals surface area contributed by atoms with Gasteiger partial charge in [0.05, 0.1) is 16.9 Å². The fourth-order valence-corrected chi connectivity index (χ4v) is 9.92. The van der Waals surface area contributed by atoms with Gasteiger partial charge < -0.3 is 9.47 Å². The number of benzene rings is 7. The van der Waals surface area contributed by atoms with Crippen LogP contribution in [0, 0.1) is 0 Å². The van der Waals surface area contributed by atoms with Gasteiger partial charge in [-0.05, 0) is 95.0 Å². The fraction of sp³-hybridized carbons (Fsp3) is 0.0702. The lowest BCUT2D eigenvalue weighted by Gasteiger charge is -2.28. The lowest BCUT2D eigenvalue weighted by molar-refractivity contribution is 0.842. The maximum atomic E-state index is 5.14. The quantitative estimate of drug-likeness (QED) is 0.174. The normalized spacial score (nSPS) is 15.6. The molecule has 0 fully saturated rings. The highest BCUT2D eigenvalue weighted by Gasteiger charge is 2.31. The molecule has 0 radical (unpaired) electrons. The third-order valence-corrected chi connectivity index (χ3v) is 12.7. The molecular weight excluding hydrogens is 755 g/mol. The van der Waals surface area contributed by atoms with Gasteiger partial charge in [0.25, 0.3) is 0 Å². The van der Waals surface area contributed by atoms with Gasteiger partial charge in [0.2, 0.25) is 0 Å². The molecule has 0 saturated heterocycles. The summed E-state index contributed by atoms with van der Waals surface area (Å²) in [4.78, 5) is 17.6. The molecule has 294 valence electrons. The van der Waals surface area contributed by atoms with Crippen LogP contribution < -0.4 is 4.90 Å². The number of anilines is 2. The van der Waals surface area contributed by atoms with Crippen molar-refractivity contribution in [3.8, 4) is 39.9 Å². The Morgan fingerprint density at radius 3 is 2.06 bits per heavy atom. The van der Waals surface area contributed by atoms with Gasteiger partial charge in [-0.2, -0.15) is 0 Å². The van der Waals surface area contributed by atoms with E-state index in [-0.39, 0.29) is 0 Å². The van der Waals surface area contributed by atoms with Crippen molar-refractivity contribution < 1.29 is 0 Å². The van der Waals surface area contributed by atoms with Gasteiger partial charge in [0, 0.05) is 56.2 Å². The highest BCUT2D eigenvalue weighted by molar-refractivity contribution is 6.11. The van der Waals surface area contributed by atoms with Crippen molar-refractivity contribution in [2.24, 2.45) is 0 Å². The Balaban J connectivity index is 1.08. The highest BCUT2D eigenvalue weighted by atomic mass is 15.1. The maximum absolute atomic E-state index is 5.14. The number of hydrogen-bond acceptors (Lipinski definition) is 4. The van der Waals surface area contributed by atoms with Gasteiger partial charge in [-0.3, -0.25) is 0 Å². The molecule has 5 nitrogen and oxygen atoms in total. The van der Waals surface area contributed by atoms with Crippen molar-refractivity contribution in [3.05, 3.63) is 217 Å². The van der Waals surface area contributed by atoms with Crippen LogP contribution in [0.5, 0.6) is 0 Å². The van der Waals surface area contributed by atoms with Gasteiger partial charge >= 0.3 is 0 Å². The molecule has 0 saturated carbocycles. The molecule has 62 heavy (non-hydrogen) atoms. The van der Waals surface area contributed by atoms with Crippen LogP contribution in [0.4, 0.5) is 11.4 Å². The van der Waals surface area contributed by atoms with E-state index in [2.05, 4.69) is 161 Å². The fourth-order valence-electron chi connectivity index (χ4n) is 9.92. The van der Waals surface area contributed by atoms with E-state index in [0.29, 0.717) is 17.5 Å². The van der Waals surface area contributed by atoms with E-state index in [1.54, 1.807) is 0 Å². The minimum Gasteiger partial charge on any atom is -0.316 e. The van der Waals surface area contributed by atoms with E-state index in [9.17, 15) is 0 Å². The maximum Gasteiger partial charge on any atom is 0.164 e. The Morgan fingerprint density at radius 2 is 1.26 bits per heavy atom. The molecule has 0 unspecified atom stereocenters. The Hall–Kier alpha value is -7.89. The summed E-state index contributed by atoms with van der Waals surface area (Å²) in [6.45, 7) is 4.78. The van der Waals surface area contributed by atoms with Crippen LogP contribution in [-0.2, 0) is 6.42 Å². The van der Waals surface area contributed by atoms with Crippen LogP contribution in [0.2, 0.25) is 0 Å². The predicted octanol–water partition coefficient (Wildman–Crippen LogP) is 14.4. The predicted molar refractivity (Wildman–Crippen MR) is 257 cm³/mol. The van der Waals surface area contributed by atoms with Crippen LogP contribution in [0.15, 0.2) is 200 Å². The summed E-state index contributed by atoms with van der Waals surface area (Å²) in [6.07, 6.45) is 17.4. The summed E-state index contributed by atoms with van der Waals surface area (Å²) < 4.78 is 2.54. The smallest absolute Gasteiger partial charge is 0.164 e. The van der Waals surface area contributed by atoms with Crippen LogP contribution in [0.1, 0.15) is 36.1 Å². The zero-order valence-corrected chi connectivity index (χ0v) is 34.2. The molecule has 0 atom stereocenters. The topological polar surface area (TPSA) is 46.8 Å². The third-order valence-electron chi connectivity index (χ3n) is 12.7. The van der Waals surface area contributed by atoms with Crippen molar-refractivity contribution >= 4 is 55.0 Å². The summed E-state index contributed by atoms with van der Waals surface area (Å²) in [5.74, 6) is 1.92. The molecule has 5 heteroatoms. The monoisotopic (exact) mass is 795 g/mol. The standard InChI is InChI=1S/C57H41N5/c1-37-16-12-13-35-61(48-28-15-25-45-46(48)26-14-27-47(45)57-59-55(40-19-4-2-5-20-40)58-56(60-57)41-21-6-3-7-22-41)49-33-34-51-54(52(37)49)53-44-24-11-10-18-39(44)30-32-50(53)62(51)43-31-29-38-17-8-9-23-42(38)36-43/h2-10,12-23,25-29,31,33-36H,1,11,24,30,32H2/b16-12-,35-13-. The molecule has 9 aromatic rings. The summed E-state index contributed by atoms with van der Waals surface area (Å²) in [6, 6.07) is 53.6. The molecular formula is C57H41N5. The van der Waals surface area contributed by atoms with Gasteiger partial charge in [-0.1, -0.05) is 152 Å². The summed E-state index contributed by atoms with van der Waals surface area (Å²) >= 11 is 0. The molecule has 0 spiro atoms. The van der Waals surface area contributed by atoms with E-state index in [0.717, 1.165) is 75.7 Å². The molecule has 7 aromatic carbocycles. The van der Waals surface area contributed by atoms with E-state index < -0.39 is 0 Å². The number of hydrogen-bond donors (Lipinski definition) is 0. The summed E-state index contributed by atoms with van der Waals surface area (Å²) in [5.41, 5.74) is 15.3. The largest absolute Gasteiger partial charge is 0.316 e. The van der Waals surface area contributed by atoms with Gasteiger partial charge in [0.1, 0.15) is 0 Å². The highest BCUT2D eigenvalue weighted by Crippen LogP contribution is 2.50. The number of rotatable bonds is 5. The molecule has 0 N–H and O–H groups in total. The molecule has 2 aliphatic carbocycles. The number of fused-ring (bicyclic) bond motifs is 8. The first-order chi connectivity index (χ1) is 30.7. The molecule has 0 amide bonds. The van der Waals surface area contributed by atoms with Crippen molar-refractivity contribution in [1.82, 2.24) is 19.5 Å². The average Bonchev–Trinajstić information content (AvgIpc) is 3.68. The number of aromatic nitrogens is 4. The van der Waals surface area contributed by atoms with E-state index in [4.69, 9.17) is 21.5 Å². The number of nitrogens with zero attached hydrogens (tertiary/aromatic N) is 5. The van der Waals surface area contributed by atoms with Gasteiger partial charge in [-0.15, -0.1) is 0 Å². The van der Waals surface area contributed by atoms with Crippen LogP contribution in [0.25, 0.3) is 83.4 Å². The molecule has 0 bridgehead atoms. The Morgan fingerprint density at radius 1 is 0.532 bits per heavy atom. The third kappa shape index (κ3) is 5.88.